The molecule has 1 amide bonds. The maximum Gasteiger partial charge on any atom is 0.404 e. The first kappa shape index (κ1) is 12.3. The molecular weight excluding hydrogens is 234 g/mol. The van der Waals surface area contributed by atoms with Crippen LogP contribution in [0.3, 0.4) is 0 Å². The van der Waals surface area contributed by atoms with Crippen molar-refractivity contribution in [3.05, 3.63) is 28.8 Å². The van der Waals surface area contributed by atoms with E-state index in [0.717, 1.165) is 0 Å². The summed E-state index contributed by atoms with van der Waals surface area (Å²) in [5, 5.41) is 0.265. The van der Waals surface area contributed by atoms with Gasteiger partial charge in [-0.15, -0.1) is 0 Å². The number of primary amides is 1. The first-order valence-corrected chi connectivity index (χ1v) is 4.76. The number of hydrogen-bond acceptors (Lipinski definition) is 4. The van der Waals surface area contributed by atoms with Gasteiger partial charge in [-0.25, -0.2) is 4.79 Å². The average molecular weight is 244 g/mol. The molecule has 0 aliphatic rings. The molecule has 0 aromatic heterocycles. The summed E-state index contributed by atoms with van der Waals surface area (Å²) in [6.07, 6.45) is -0.861. The number of benzene rings is 1. The summed E-state index contributed by atoms with van der Waals surface area (Å²) < 4.78 is 9.40. The number of nitrogens with two attached hydrogens (primary N) is 1. The number of carbonyl (C=O) groups excluding carboxylic acids is 2. The molecule has 1 aromatic rings. The van der Waals surface area contributed by atoms with Gasteiger partial charge in [0.05, 0.1) is 5.02 Å². The normalized spacial score (nSPS) is 9.62. The second-order valence-corrected chi connectivity index (χ2v) is 3.37. The summed E-state index contributed by atoms with van der Waals surface area (Å²) in [6, 6.07) is 4.67. The number of carbonyl (C=O) groups is 2. The Hall–Kier alpha value is -1.75. The number of halogens is 1. The van der Waals surface area contributed by atoms with Gasteiger partial charge >= 0.3 is 12.1 Å². The number of ether oxygens (including phenoxy) is 2. The molecule has 0 saturated carbocycles. The van der Waals surface area contributed by atoms with Crippen LogP contribution in [0.5, 0.6) is 5.75 Å². The zero-order valence-electron chi connectivity index (χ0n) is 8.53. The van der Waals surface area contributed by atoms with Crippen molar-refractivity contribution in [3.8, 4) is 5.75 Å². The van der Waals surface area contributed by atoms with E-state index in [2.05, 4.69) is 4.74 Å². The summed E-state index contributed by atoms with van der Waals surface area (Å²) in [5.41, 5.74) is 5.46. The fourth-order valence-electron chi connectivity index (χ4n) is 1.03. The summed E-state index contributed by atoms with van der Waals surface area (Å²) in [7, 11) is 0. The molecule has 86 valence electrons. The molecule has 0 unspecified atom stereocenters. The van der Waals surface area contributed by atoms with Crippen LogP contribution in [0.1, 0.15) is 12.5 Å². The standard InChI is InChI=1S/C10H10ClNO4/c1-6(13)16-9-3-2-7(4-8(9)11)5-15-10(12)14/h2-4H,5H2,1H3,(H2,12,14). The molecule has 0 atom stereocenters. The largest absolute Gasteiger partial charge is 0.445 e. The van der Waals surface area contributed by atoms with Gasteiger partial charge in [0.1, 0.15) is 12.4 Å². The van der Waals surface area contributed by atoms with Crippen LogP contribution < -0.4 is 10.5 Å². The lowest BCUT2D eigenvalue weighted by Gasteiger charge is -2.06. The van der Waals surface area contributed by atoms with Crippen molar-refractivity contribution in [2.75, 3.05) is 0 Å². The van der Waals surface area contributed by atoms with E-state index in [1.54, 1.807) is 6.07 Å². The maximum absolute atomic E-state index is 10.7. The summed E-state index contributed by atoms with van der Waals surface area (Å²) in [4.78, 5) is 21.1. The Balaban J connectivity index is 2.74. The third-order valence-electron chi connectivity index (χ3n) is 1.63. The Kier molecular flexibility index (Phi) is 4.13. The predicted molar refractivity (Wildman–Crippen MR) is 57.1 cm³/mol. The predicted octanol–water partition coefficient (Wildman–Crippen LogP) is 1.86. The zero-order valence-corrected chi connectivity index (χ0v) is 9.28. The molecule has 6 heteroatoms. The first-order valence-electron chi connectivity index (χ1n) is 4.38. The van der Waals surface area contributed by atoms with E-state index >= 15 is 0 Å². The monoisotopic (exact) mass is 243 g/mol. The maximum atomic E-state index is 10.7. The third kappa shape index (κ3) is 3.78. The highest BCUT2D eigenvalue weighted by atomic mass is 35.5. The molecule has 1 aromatic carbocycles. The van der Waals surface area contributed by atoms with E-state index in [-0.39, 0.29) is 17.4 Å². The van der Waals surface area contributed by atoms with E-state index in [1.807, 2.05) is 0 Å². The highest BCUT2D eigenvalue weighted by Gasteiger charge is 2.06. The zero-order chi connectivity index (χ0) is 12.1. The van der Waals surface area contributed by atoms with Crippen molar-refractivity contribution < 1.29 is 19.1 Å². The summed E-state index contributed by atoms with van der Waals surface area (Å²) in [6.45, 7) is 1.30. The van der Waals surface area contributed by atoms with E-state index in [9.17, 15) is 9.59 Å². The third-order valence-corrected chi connectivity index (χ3v) is 1.93. The molecule has 0 spiro atoms. The summed E-state index contributed by atoms with van der Waals surface area (Å²) in [5.74, 6) is -0.194. The molecule has 0 aliphatic heterocycles. The molecule has 5 nitrogen and oxygen atoms in total. The van der Waals surface area contributed by atoms with Gasteiger partial charge in [-0.2, -0.15) is 0 Å². The number of amides is 1. The molecule has 0 fully saturated rings. The molecular formula is C10H10ClNO4. The van der Waals surface area contributed by atoms with Gasteiger partial charge < -0.3 is 15.2 Å². The van der Waals surface area contributed by atoms with Crippen LogP contribution in [0.15, 0.2) is 18.2 Å². The van der Waals surface area contributed by atoms with Gasteiger partial charge in [0, 0.05) is 6.92 Å². The molecule has 0 saturated heterocycles. The van der Waals surface area contributed by atoms with Crippen LogP contribution in [0.25, 0.3) is 0 Å². The van der Waals surface area contributed by atoms with E-state index < -0.39 is 12.1 Å². The second kappa shape index (κ2) is 5.37. The Bertz CT molecular complexity index is 419. The van der Waals surface area contributed by atoms with Gasteiger partial charge in [-0.1, -0.05) is 17.7 Å². The van der Waals surface area contributed by atoms with E-state index in [1.165, 1.54) is 19.1 Å². The molecule has 0 aliphatic carbocycles. The van der Waals surface area contributed by atoms with Crippen LogP contribution >= 0.6 is 11.6 Å². The first-order chi connectivity index (χ1) is 7.49. The number of esters is 1. The van der Waals surface area contributed by atoms with Crippen LogP contribution in [0, 0.1) is 0 Å². The van der Waals surface area contributed by atoms with Gasteiger partial charge in [-0.3, -0.25) is 4.79 Å². The molecule has 0 heterocycles. The van der Waals surface area contributed by atoms with Crippen LogP contribution in [0.2, 0.25) is 5.02 Å². The topological polar surface area (TPSA) is 78.6 Å². The van der Waals surface area contributed by atoms with Crippen molar-refractivity contribution in [2.24, 2.45) is 5.73 Å². The smallest absolute Gasteiger partial charge is 0.404 e. The number of rotatable bonds is 3. The highest BCUT2D eigenvalue weighted by molar-refractivity contribution is 6.32. The SMILES string of the molecule is CC(=O)Oc1ccc(COC(N)=O)cc1Cl. The molecule has 0 radical (unpaired) electrons. The lowest BCUT2D eigenvalue weighted by atomic mass is 10.2. The van der Waals surface area contributed by atoms with Crippen molar-refractivity contribution >= 4 is 23.7 Å². The minimum atomic E-state index is -0.861. The number of hydrogen-bond donors (Lipinski definition) is 1. The van der Waals surface area contributed by atoms with Crippen molar-refractivity contribution in [1.82, 2.24) is 0 Å². The van der Waals surface area contributed by atoms with Crippen LogP contribution in [-0.2, 0) is 16.1 Å². The Labute approximate surface area is 97.1 Å². The van der Waals surface area contributed by atoms with Gasteiger partial charge in [0.25, 0.3) is 0 Å². The molecule has 2 N–H and O–H groups in total. The lowest BCUT2D eigenvalue weighted by molar-refractivity contribution is -0.131. The van der Waals surface area contributed by atoms with Gasteiger partial charge in [-0.05, 0) is 17.7 Å². The fourth-order valence-corrected chi connectivity index (χ4v) is 1.27. The molecule has 1 rings (SSSR count). The van der Waals surface area contributed by atoms with Gasteiger partial charge in [0.15, 0.2) is 0 Å². The van der Waals surface area contributed by atoms with Gasteiger partial charge in [0.2, 0.25) is 0 Å². The van der Waals surface area contributed by atoms with E-state index in [4.69, 9.17) is 22.1 Å². The van der Waals surface area contributed by atoms with Crippen molar-refractivity contribution in [1.29, 1.82) is 0 Å². The lowest BCUT2D eigenvalue weighted by Crippen LogP contribution is -2.12. The Morgan fingerprint density at radius 1 is 1.44 bits per heavy atom. The average Bonchev–Trinajstić information content (AvgIpc) is 2.18. The van der Waals surface area contributed by atoms with Crippen molar-refractivity contribution in [3.63, 3.8) is 0 Å². The minimum Gasteiger partial charge on any atom is -0.445 e. The summed E-state index contributed by atoms with van der Waals surface area (Å²) >= 11 is 5.84. The Morgan fingerprint density at radius 3 is 2.62 bits per heavy atom. The van der Waals surface area contributed by atoms with Crippen LogP contribution in [-0.4, -0.2) is 12.1 Å². The van der Waals surface area contributed by atoms with Crippen LogP contribution in [0.4, 0.5) is 4.79 Å². The highest BCUT2D eigenvalue weighted by Crippen LogP contribution is 2.25. The molecule has 0 bridgehead atoms. The second-order valence-electron chi connectivity index (χ2n) is 2.97. The minimum absolute atomic E-state index is 0.0232. The Morgan fingerprint density at radius 2 is 2.12 bits per heavy atom. The van der Waals surface area contributed by atoms with Crippen molar-refractivity contribution in [2.45, 2.75) is 13.5 Å². The quantitative estimate of drug-likeness (QED) is 0.649. The fraction of sp³-hybridized carbons (Fsp3) is 0.200. The van der Waals surface area contributed by atoms with E-state index in [0.29, 0.717) is 5.56 Å². The molecule has 16 heavy (non-hydrogen) atoms.